The molecule has 162 valence electrons. The molecule has 2 aromatic carbocycles. The molecule has 0 radical (unpaired) electrons. The van der Waals surface area contributed by atoms with Gasteiger partial charge in [-0.1, -0.05) is 12.1 Å². The summed E-state index contributed by atoms with van der Waals surface area (Å²) in [4.78, 5) is 27.6. The summed E-state index contributed by atoms with van der Waals surface area (Å²) in [5, 5.41) is 11.1. The van der Waals surface area contributed by atoms with Crippen LogP contribution >= 0.6 is 0 Å². The van der Waals surface area contributed by atoms with Crippen LogP contribution in [0.2, 0.25) is 0 Å². The Bertz CT molecular complexity index is 1010. The molecular formula is C24H25NO6. The van der Waals surface area contributed by atoms with E-state index in [2.05, 4.69) is 0 Å². The third kappa shape index (κ3) is 4.01. The summed E-state index contributed by atoms with van der Waals surface area (Å²) in [6, 6.07) is 13.2. The van der Waals surface area contributed by atoms with E-state index in [0.717, 1.165) is 12.8 Å². The van der Waals surface area contributed by atoms with E-state index in [-0.39, 0.29) is 24.0 Å². The minimum Gasteiger partial charge on any atom is -0.507 e. The third-order valence-electron chi connectivity index (χ3n) is 5.74. The highest BCUT2D eigenvalue weighted by molar-refractivity contribution is 6.46. The number of aliphatic hydroxyl groups excluding tert-OH is 1. The van der Waals surface area contributed by atoms with Crippen LogP contribution in [0.25, 0.3) is 5.76 Å². The zero-order valence-corrected chi connectivity index (χ0v) is 17.5. The first-order valence-corrected chi connectivity index (χ1v) is 10.2. The second kappa shape index (κ2) is 8.81. The SMILES string of the molecule is COc1ccc(/C(O)=C2\C(=O)C(=O)N(C[C@@H]3CCCO3)[C@H]2c2cccc(OC)c2)cc1. The molecule has 7 heteroatoms. The minimum absolute atomic E-state index is 0.0569. The number of ether oxygens (including phenoxy) is 3. The van der Waals surface area contributed by atoms with Gasteiger partial charge in [0.05, 0.1) is 31.9 Å². The number of carbonyl (C=O) groups excluding carboxylic acids is 2. The molecule has 0 bridgehead atoms. The van der Waals surface area contributed by atoms with Gasteiger partial charge in [0.25, 0.3) is 11.7 Å². The van der Waals surface area contributed by atoms with Crippen LogP contribution in [0.5, 0.6) is 11.5 Å². The number of nitrogens with zero attached hydrogens (tertiary/aromatic N) is 1. The highest BCUT2D eigenvalue weighted by atomic mass is 16.5. The van der Waals surface area contributed by atoms with E-state index in [1.165, 1.54) is 4.90 Å². The normalized spacial score (nSPS) is 22.7. The van der Waals surface area contributed by atoms with Gasteiger partial charge < -0.3 is 24.2 Å². The van der Waals surface area contributed by atoms with Crippen LogP contribution in [0.3, 0.4) is 0 Å². The maximum absolute atomic E-state index is 13.1. The standard InChI is InChI=1S/C24H25NO6/c1-29-17-10-8-15(9-11-17)22(26)20-21(16-5-3-6-18(13-16)30-2)25(24(28)23(20)27)14-19-7-4-12-31-19/h3,5-6,8-11,13,19,21,26H,4,7,12,14H2,1-2H3/b22-20+/t19-,21-/m0/s1. The molecule has 0 spiro atoms. The van der Waals surface area contributed by atoms with Gasteiger partial charge in [-0.15, -0.1) is 0 Å². The molecule has 0 aliphatic carbocycles. The van der Waals surface area contributed by atoms with Crippen molar-refractivity contribution in [1.82, 2.24) is 4.90 Å². The first kappa shape index (κ1) is 20.9. The molecule has 2 atom stereocenters. The number of hydrogen-bond acceptors (Lipinski definition) is 6. The second-order valence-corrected chi connectivity index (χ2v) is 7.59. The van der Waals surface area contributed by atoms with Crippen molar-refractivity contribution < 1.29 is 28.9 Å². The molecule has 2 aliphatic heterocycles. The van der Waals surface area contributed by atoms with Gasteiger partial charge in [0, 0.05) is 18.7 Å². The van der Waals surface area contributed by atoms with E-state index in [1.807, 2.05) is 6.07 Å². The average molecular weight is 423 g/mol. The fraction of sp³-hybridized carbons (Fsp3) is 0.333. The third-order valence-corrected chi connectivity index (χ3v) is 5.74. The van der Waals surface area contributed by atoms with Crippen molar-refractivity contribution in [2.24, 2.45) is 0 Å². The average Bonchev–Trinajstić information content (AvgIpc) is 3.41. The Morgan fingerprint density at radius 2 is 1.84 bits per heavy atom. The zero-order valence-electron chi connectivity index (χ0n) is 17.5. The van der Waals surface area contributed by atoms with Gasteiger partial charge in [-0.05, 0) is 54.8 Å². The molecule has 2 heterocycles. The van der Waals surface area contributed by atoms with Crippen molar-refractivity contribution in [1.29, 1.82) is 0 Å². The van der Waals surface area contributed by atoms with E-state index < -0.39 is 17.7 Å². The number of methoxy groups -OCH3 is 2. The number of likely N-dealkylation sites (tertiary alicyclic amines) is 1. The minimum atomic E-state index is -0.735. The molecule has 0 saturated carbocycles. The lowest BCUT2D eigenvalue weighted by Gasteiger charge is -2.27. The van der Waals surface area contributed by atoms with Crippen LogP contribution in [0.15, 0.2) is 54.1 Å². The molecule has 4 rings (SSSR count). The Morgan fingerprint density at radius 3 is 2.48 bits per heavy atom. The van der Waals surface area contributed by atoms with Gasteiger partial charge in [0.1, 0.15) is 17.3 Å². The Balaban J connectivity index is 1.81. The van der Waals surface area contributed by atoms with Crippen molar-refractivity contribution in [2.45, 2.75) is 25.0 Å². The van der Waals surface area contributed by atoms with Crippen LogP contribution in [-0.2, 0) is 14.3 Å². The molecule has 2 aromatic rings. The van der Waals surface area contributed by atoms with E-state index in [0.29, 0.717) is 29.2 Å². The predicted octanol–water partition coefficient (Wildman–Crippen LogP) is 3.30. The molecule has 2 saturated heterocycles. The molecule has 7 nitrogen and oxygen atoms in total. The number of aliphatic hydroxyl groups is 1. The van der Waals surface area contributed by atoms with Crippen LogP contribution < -0.4 is 9.47 Å². The van der Waals surface area contributed by atoms with Crippen LogP contribution in [0, 0.1) is 0 Å². The Hall–Kier alpha value is -3.32. The molecular weight excluding hydrogens is 398 g/mol. The van der Waals surface area contributed by atoms with Gasteiger partial charge >= 0.3 is 0 Å². The van der Waals surface area contributed by atoms with Gasteiger partial charge in [-0.3, -0.25) is 9.59 Å². The number of rotatable bonds is 6. The zero-order chi connectivity index (χ0) is 22.0. The lowest BCUT2D eigenvalue weighted by Crippen LogP contribution is -2.36. The first-order chi connectivity index (χ1) is 15.0. The molecule has 0 unspecified atom stereocenters. The maximum Gasteiger partial charge on any atom is 0.295 e. The highest BCUT2D eigenvalue weighted by Crippen LogP contribution is 2.41. The summed E-state index contributed by atoms with van der Waals surface area (Å²) in [5.74, 6) is -0.342. The van der Waals surface area contributed by atoms with Crippen molar-refractivity contribution in [3.8, 4) is 11.5 Å². The summed E-state index contributed by atoms with van der Waals surface area (Å²) in [6.07, 6.45) is 1.61. The fourth-order valence-electron chi connectivity index (χ4n) is 4.14. The number of ketones is 1. The largest absolute Gasteiger partial charge is 0.507 e. The summed E-state index contributed by atoms with van der Waals surface area (Å²) >= 11 is 0. The van der Waals surface area contributed by atoms with Crippen molar-refractivity contribution >= 4 is 17.4 Å². The molecule has 2 fully saturated rings. The second-order valence-electron chi connectivity index (χ2n) is 7.59. The molecule has 31 heavy (non-hydrogen) atoms. The van der Waals surface area contributed by atoms with Gasteiger partial charge in [-0.2, -0.15) is 0 Å². The van der Waals surface area contributed by atoms with E-state index in [4.69, 9.17) is 14.2 Å². The predicted molar refractivity (Wildman–Crippen MR) is 114 cm³/mol. The number of hydrogen-bond donors (Lipinski definition) is 1. The number of Topliss-reactive ketones (excluding diaryl/α,β-unsaturated/α-hetero) is 1. The quantitative estimate of drug-likeness (QED) is 0.436. The highest BCUT2D eigenvalue weighted by Gasteiger charge is 2.47. The lowest BCUT2D eigenvalue weighted by molar-refractivity contribution is -0.140. The van der Waals surface area contributed by atoms with Crippen molar-refractivity contribution in [3.05, 3.63) is 65.2 Å². The fourth-order valence-corrected chi connectivity index (χ4v) is 4.14. The van der Waals surface area contributed by atoms with E-state index in [9.17, 15) is 14.7 Å². The monoisotopic (exact) mass is 423 g/mol. The number of carbonyl (C=O) groups is 2. The van der Waals surface area contributed by atoms with Crippen LogP contribution in [0.4, 0.5) is 0 Å². The summed E-state index contributed by atoms with van der Waals surface area (Å²) in [6.45, 7) is 0.927. The van der Waals surface area contributed by atoms with E-state index >= 15 is 0 Å². The maximum atomic E-state index is 13.1. The number of amides is 1. The summed E-state index contributed by atoms with van der Waals surface area (Å²) in [5.41, 5.74) is 1.18. The first-order valence-electron chi connectivity index (χ1n) is 10.2. The van der Waals surface area contributed by atoms with E-state index in [1.54, 1.807) is 56.7 Å². The molecule has 1 amide bonds. The van der Waals surface area contributed by atoms with Gasteiger partial charge in [0.2, 0.25) is 0 Å². The van der Waals surface area contributed by atoms with Crippen LogP contribution in [-0.4, -0.2) is 55.2 Å². The van der Waals surface area contributed by atoms with Gasteiger partial charge in [-0.25, -0.2) is 0 Å². The number of benzene rings is 2. The van der Waals surface area contributed by atoms with Crippen molar-refractivity contribution in [3.63, 3.8) is 0 Å². The molecule has 0 aromatic heterocycles. The Labute approximate surface area is 180 Å². The van der Waals surface area contributed by atoms with Gasteiger partial charge in [0.15, 0.2) is 0 Å². The summed E-state index contributed by atoms with van der Waals surface area (Å²) in [7, 11) is 3.11. The Kier molecular flexibility index (Phi) is 5.95. The smallest absolute Gasteiger partial charge is 0.295 e. The Morgan fingerprint density at radius 1 is 1.10 bits per heavy atom. The summed E-state index contributed by atoms with van der Waals surface area (Å²) < 4.78 is 16.2. The molecule has 2 aliphatic rings. The van der Waals surface area contributed by atoms with Crippen molar-refractivity contribution in [2.75, 3.05) is 27.4 Å². The molecule has 1 N–H and O–H groups in total. The lowest BCUT2D eigenvalue weighted by atomic mass is 9.95. The van der Waals surface area contributed by atoms with Crippen LogP contribution in [0.1, 0.15) is 30.0 Å². The topological polar surface area (TPSA) is 85.3 Å².